The first kappa shape index (κ1) is 20.0. The molecule has 0 aliphatic heterocycles. The molecule has 148 valence electrons. The van der Waals surface area contributed by atoms with Crippen molar-refractivity contribution in [2.75, 3.05) is 13.6 Å². The monoisotopic (exact) mass is 411 g/mol. The second-order valence-corrected chi connectivity index (χ2v) is 7.97. The Balaban J connectivity index is 1.75. The van der Waals surface area contributed by atoms with Gasteiger partial charge in [0.15, 0.2) is 5.82 Å². The summed E-state index contributed by atoms with van der Waals surface area (Å²) in [5.74, 6) is 0.536. The van der Waals surface area contributed by atoms with Gasteiger partial charge in [0.05, 0.1) is 10.5 Å². The standard InChI is InChI=1S/C18H16F3N3O3S/c1-24(28(25,26)15-10-6-5-9-14(15)18(19,20)21)12-11-16-22-17(27-23-16)13-7-3-2-4-8-13/h2-10H,11-12H2,1H3. The summed E-state index contributed by atoms with van der Waals surface area (Å²) in [6.45, 7) is -0.109. The molecule has 0 aliphatic carbocycles. The lowest BCUT2D eigenvalue weighted by atomic mass is 10.2. The average molecular weight is 411 g/mol. The van der Waals surface area contributed by atoms with Gasteiger partial charge in [-0.2, -0.15) is 18.2 Å². The molecule has 28 heavy (non-hydrogen) atoms. The van der Waals surface area contributed by atoms with E-state index in [1.165, 1.54) is 13.1 Å². The Morgan fingerprint density at radius 2 is 1.68 bits per heavy atom. The number of rotatable bonds is 6. The van der Waals surface area contributed by atoms with Crippen LogP contribution in [0.3, 0.4) is 0 Å². The molecule has 0 saturated carbocycles. The molecule has 3 aromatic rings. The van der Waals surface area contributed by atoms with Crippen LogP contribution in [0.15, 0.2) is 64.0 Å². The van der Waals surface area contributed by atoms with Crippen LogP contribution >= 0.6 is 0 Å². The molecule has 0 unspecified atom stereocenters. The Morgan fingerprint density at radius 3 is 2.36 bits per heavy atom. The molecule has 0 spiro atoms. The van der Waals surface area contributed by atoms with Crippen LogP contribution in [0.4, 0.5) is 13.2 Å². The highest BCUT2D eigenvalue weighted by Crippen LogP contribution is 2.34. The van der Waals surface area contributed by atoms with E-state index in [0.29, 0.717) is 5.56 Å². The van der Waals surface area contributed by atoms with Gasteiger partial charge in [0, 0.05) is 25.6 Å². The van der Waals surface area contributed by atoms with Gasteiger partial charge in [-0.05, 0) is 24.3 Å². The number of hydrogen-bond acceptors (Lipinski definition) is 5. The van der Waals surface area contributed by atoms with Gasteiger partial charge in [-0.1, -0.05) is 35.5 Å². The van der Waals surface area contributed by atoms with Crippen molar-refractivity contribution in [3.05, 3.63) is 66.0 Å². The van der Waals surface area contributed by atoms with Crippen molar-refractivity contribution >= 4 is 10.0 Å². The molecule has 0 fully saturated rings. The summed E-state index contributed by atoms with van der Waals surface area (Å²) >= 11 is 0. The molecular weight excluding hydrogens is 395 g/mol. The predicted molar refractivity (Wildman–Crippen MR) is 94.7 cm³/mol. The van der Waals surface area contributed by atoms with E-state index in [1.54, 1.807) is 24.3 Å². The summed E-state index contributed by atoms with van der Waals surface area (Å²) in [5.41, 5.74) is -0.492. The Hall–Kier alpha value is -2.72. The smallest absolute Gasteiger partial charge is 0.334 e. The molecule has 10 heteroatoms. The quantitative estimate of drug-likeness (QED) is 0.619. The maximum atomic E-state index is 13.1. The second-order valence-electron chi connectivity index (χ2n) is 5.95. The molecule has 0 bridgehead atoms. The van der Waals surface area contributed by atoms with Crippen LogP contribution in [0.1, 0.15) is 11.4 Å². The molecular formula is C18H16F3N3O3S. The first-order chi connectivity index (χ1) is 13.2. The summed E-state index contributed by atoms with van der Waals surface area (Å²) in [6, 6.07) is 13.1. The van der Waals surface area contributed by atoms with E-state index in [4.69, 9.17) is 4.52 Å². The summed E-state index contributed by atoms with van der Waals surface area (Å²) in [6.07, 6.45) is -4.69. The van der Waals surface area contributed by atoms with Crippen LogP contribution in [0.25, 0.3) is 11.5 Å². The van der Waals surface area contributed by atoms with Crippen molar-refractivity contribution in [1.29, 1.82) is 0 Å². The molecule has 1 aromatic heterocycles. The van der Waals surface area contributed by atoms with Crippen molar-refractivity contribution in [3.8, 4) is 11.5 Å². The van der Waals surface area contributed by atoms with Gasteiger partial charge in [-0.3, -0.25) is 0 Å². The zero-order valence-electron chi connectivity index (χ0n) is 14.7. The average Bonchev–Trinajstić information content (AvgIpc) is 3.15. The molecule has 0 saturated heterocycles. The number of halogens is 3. The van der Waals surface area contributed by atoms with Crippen molar-refractivity contribution < 1.29 is 26.1 Å². The lowest BCUT2D eigenvalue weighted by Gasteiger charge is -2.19. The Kier molecular flexibility index (Phi) is 5.52. The maximum Gasteiger partial charge on any atom is 0.417 e. The first-order valence-corrected chi connectivity index (χ1v) is 9.64. The van der Waals surface area contributed by atoms with E-state index in [0.717, 1.165) is 22.5 Å². The van der Waals surface area contributed by atoms with Gasteiger partial charge in [0.2, 0.25) is 10.0 Å². The topological polar surface area (TPSA) is 76.3 Å². The number of hydrogen-bond donors (Lipinski definition) is 0. The van der Waals surface area contributed by atoms with Gasteiger partial charge in [0.1, 0.15) is 0 Å². The fourth-order valence-corrected chi connectivity index (χ4v) is 3.90. The molecule has 3 rings (SSSR count). The largest absolute Gasteiger partial charge is 0.417 e. The predicted octanol–water partition coefficient (Wildman–Crippen LogP) is 3.62. The number of aromatic nitrogens is 2. The number of nitrogens with zero attached hydrogens (tertiary/aromatic N) is 3. The molecule has 1 heterocycles. The zero-order valence-corrected chi connectivity index (χ0v) is 15.5. The highest BCUT2D eigenvalue weighted by molar-refractivity contribution is 7.89. The molecule has 0 atom stereocenters. The maximum absolute atomic E-state index is 13.1. The Labute approximate surface area is 159 Å². The number of sulfonamides is 1. The number of likely N-dealkylation sites (N-methyl/N-ethyl adjacent to an activating group) is 1. The van der Waals surface area contributed by atoms with Gasteiger partial charge in [-0.15, -0.1) is 0 Å². The van der Waals surface area contributed by atoms with E-state index >= 15 is 0 Å². The van der Waals surface area contributed by atoms with E-state index in [2.05, 4.69) is 10.1 Å². The van der Waals surface area contributed by atoms with Crippen LogP contribution < -0.4 is 0 Å². The van der Waals surface area contributed by atoms with Crippen molar-refractivity contribution in [2.45, 2.75) is 17.5 Å². The van der Waals surface area contributed by atoms with E-state index < -0.39 is 26.7 Å². The van der Waals surface area contributed by atoms with Crippen LogP contribution in [-0.2, 0) is 22.6 Å². The minimum atomic E-state index is -4.78. The third-order valence-corrected chi connectivity index (χ3v) is 5.93. The molecule has 0 N–H and O–H groups in total. The summed E-state index contributed by atoms with van der Waals surface area (Å²) < 4.78 is 70.6. The van der Waals surface area contributed by atoms with Crippen LogP contribution in [0.2, 0.25) is 0 Å². The third kappa shape index (κ3) is 4.23. The Bertz CT molecular complexity index is 1050. The number of alkyl halides is 3. The van der Waals surface area contributed by atoms with Gasteiger partial charge >= 0.3 is 6.18 Å². The van der Waals surface area contributed by atoms with Crippen LogP contribution in [0, 0.1) is 0 Å². The minimum Gasteiger partial charge on any atom is -0.334 e. The summed E-state index contributed by atoms with van der Waals surface area (Å²) in [7, 11) is -3.13. The van der Waals surface area contributed by atoms with E-state index in [1.807, 2.05) is 6.07 Å². The highest BCUT2D eigenvalue weighted by atomic mass is 32.2. The van der Waals surface area contributed by atoms with Crippen LogP contribution in [0.5, 0.6) is 0 Å². The molecule has 6 nitrogen and oxygen atoms in total. The molecule has 2 aromatic carbocycles. The van der Waals surface area contributed by atoms with Gasteiger partial charge in [-0.25, -0.2) is 12.7 Å². The molecule has 0 radical (unpaired) electrons. The fraction of sp³-hybridized carbons (Fsp3) is 0.222. The van der Waals surface area contributed by atoms with Crippen molar-refractivity contribution in [2.24, 2.45) is 0 Å². The second kappa shape index (κ2) is 7.72. The first-order valence-electron chi connectivity index (χ1n) is 8.20. The normalized spacial score (nSPS) is 12.5. The third-order valence-electron chi connectivity index (χ3n) is 4.02. The van der Waals surface area contributed by atoms with Gasteiger partial charge < -0.3 is 4.52 Å². The summed E-state index contributed by atoms with van der Waals surface area (Å²) in [4.78, 5) is 3.40. The molecule has 0 aliphatic rings. The Morgan fingerprint density at radius 1 is 1.04 bits per heavy atom. The summed E-state index contributed by atoms with van der Waals surface area (Å²) in [5, 5.41) is 3.79. The van der Waals surface area contributed by atoms with E-state index in [-0.39, 0.29) is 24.7 Å². The number of benzene rings is 2. The van der Waals surface area contributed by atoms with Crippen LogP contribution in [-0.4, -0.2) is 36.5 Å². The van der Waals surface area contributed by atoms with Crippen molar-refractivity contribution in [1.82, 2.24) is 14.4 Å². The SMILES string of the molecule is CN(CCc1noc(-c2ccccc2)n1)S(=O)(=O)c1ccccc1C(F)(F)F. The fourth-order valence-electron chi connectivity index (χ4n) is 2.52. The lowest BCUT2D eigenvalue weighted by molar-refractivity contribution is -0.139. The zero-order chi connectivity index (χ0) is 20.4. The van der Waals surface area contributed by atoms with E-state index in [9.17, 15) is 21.6 Å². The van der Waals surface area contributed by atoms with Crippen molar-refractivity contribution in [3.63, 3.8) is 0 Å². The van der Waals surface area contributed by atoms with Gasteiger partial charge in [0.25, 0.3) is 5.89 Å². The lowest BCUT2D eigenvalue weighted by Crippen LogP contribution is -2.31. The highest BCUT2D eigenvalue weighted by Gasteiger charge is 2.38. The minimum absolute atomic E-state index is 0.0836. The molecule has 0 amide bonds.